The third-order valence-electron chi connectivity index (χ3n) is 3.69. The Bertz CT molecular complexity index is 420. The molecule has 0 aromatic carbocycles. The summed E-state index contributed by atoms with van der Waals surface area (Å²) in [5.41, 5.74) is 0. The predicted octanol–water partition coefficient (Wildman–Crippen LogP) is -0.433. The maximum Gasteiger partial charge on any atom is 0.216 e. The lowest BCUT2D eigenvalue weighted by atomic mass is 10.4. The summed E-state index contributed by atoms with van der Waals surface area (Å²) in [5, 5.41) is 3.26. The minimum absolute atomic E-state index is 0.182. The van der Waals surface area contributed by atoms with E-state index in [2.05, 4.69) is 16.1 Å². The van der Waals surface area contributed by atoms with Gasteiger partial charge in [-0.25, -0.2) is 8.42 Å². The third kappa shape index (κ3) is 4.77. The van der Waals surface area contributed by atoms with Gasteiger partial charge in [-0.05, 0) is 18.8 Å². The Balaban J connectivity index is 1.85. The Hall–Kier alpha value is -0.610. The number of terminal acetylenes is 1. The smallest absolute Gasteiger partial charge is 0.216 e. The van der Waals surface area contributed by atoms with E-state index in [1.807, 2.05) is 0 Å². The summed E-state index contributed by atoms with van der Waals surface area (Å²) >= 11 is 0. The Kier molecular flexibility index (Phi) is 5.22. The molecule has 1 aliphatic heterocycles. The van der Waals surface area contributed by atoms with Crippen LogP contribution in [0.1, 0.15) is 12.8 Å². The molecule has 1 N–H and O–H groups in total. The van der Waals surface area contributed by atoms with E-state index in [0.717, 1.165) is 39.0 Å². The molecule has 0 aromatic rings. The lowest BCUT2D eigenvalue weighted by molar-refractivity contribution is 0.252. The van der Waals surface area contributed by atoms with Gasteiger partial charge in [-0.1, -0.05) is 5.92 Å². The topological polar surface area (TPSA) is 52.7 Å². The zero-order valence-corrected chi connectivity index (χ0v) is 12.2. The number of hydrogen-bond donors (Lipinski definition) is 1. The second-order valence-corrected chi connectivity index (χ2v) is 7.44. The Morgan fingerprint density at radius 3 is 2.58 bits per heavy atom. The quantitative estimate of drug-likeness (QED) is 0.645. The molecule has 1 saturated carbocycles. The average Bonchev–Trinajstić information content (AvgIpc) is 3.21. The van der Waals surface area contributed by atoms with Crippen LogP contribution in [-0.2, 0) is 10.0 Å². The maximum atomic E-state index is 12.3. The van der Waals surface area contributed by atoms with Gasteiger partial charge in [0.2, 0.25) is 10.0 Å². The van der Waals surface area contributed by atoms with Crippen molar-refractivity contribution < 1.29 is 8.42 Å². The van der Waals surface area contributed by atoms with E-state index in [1.165, 1.54) is 4.31 Å². The first-order valence-electron chi connectivity index (χ1n) is 6.96. The Morgan fingerprint density at radius 2 is 2.00 bits per heavy atom. The van der Waals surface area contributed by atoms with Crippen LogP contribution in [0.15, 0.2) is 0 Å². The number of nitrogens with one attached hydrogen (secondary N) is 1. The standard InChI is InChI=1S/C13H23N3O2S/c1-2-7-16(12-13-3-4-13)19(17,18)11-10-15-8-5-14-6-9-15/h1,13-14H,3-12H2. The van der Waals surface area contributed by atoms with Crippen molar-refractivity contribution in [3.63, 3.8) is 0 Å². The summed E-state index contributed by atoms with van der Waals surface area (Å²) in [5.74, 6) is 3.18. The maximum absolute atomic E-state index is 12.3. The highest BCUT2D eigenvalue weighted by molar-refractivity contribution is 7.89. The van der Waals surface area contributed by atoms with Crippen LogP contribution in [0.25, 0.3) is 0 Å². The molecule has 19 heavy (non-hydrogen) atoms. The molecule has 0 aromatic heterocycles. The SMILES string of the molecule is C#CCN(CC1CC1)S(=O)(=O)CCN1CCNCC1. The van der Waals surface area contributed by atoms with Crippen LogP contribution in [0.4, 0.5) is 0 Å². The number of hydrogen-bond acceptors (Lipinski definition) is 4. The molecule has 2 rings (SSSR count). The Morgan fingerprint density at radius 1 is 1.32 bits per heavy atom. The van der Waals surface area contributed by atoms with Gasteiger partial charge >= 0.3 is 0 Å². The van der Waals surface area contributed by atoms with Gasteiger partial charge < -0.3 is 5.32 Å². The van der Waals surface area contributed by atoms with E-state index in [9.17, 15) is 8.42 Å². The van der Waals surface area contributed by atoms with Crippen molar-refractivity contribution >= 4 is 10.0 Å². The molecule has 5 nitrogen and oxygen atoms in total. The van der Waals surface area contributed by atoms with Gasteiger partial charge in [-0.3, -0.25) is 4.90 Å². The fourth-order valence-corrected chi connectivity index (χ4v) is 3.73. The lowest BCUT2D eigenvalue weighted by Crippen LogP contribution is -2.46. The van der Waals surface area contributed by atoms with Crippen LogP contribution in [0, 0.1) is 18.3 Å². The van der Waals surface area contributed by atoms with Crippen LogP contribution in [-0.4, -0.2) is 69.2 Å². The van der Waals surface area contributed by atoms with E-state index in [4.69, 9.17) is 6.42 Å². The average molecular weight is 285 g/mol. The molecule has 0 bridgehead atoms. The summed E-state index contributed by atoms with van der Waals surface area (Å²) in [6.45, 7) is 5.15. The highest BCUT2D eigenvalue weighted by atomic mass is 32.2. The summed E-state index contributed by atoms with van der Waals surface area (Å²) in [6.07, 6.45) is 7.55. The molecular weight excluding hydrogens is 262 g/mol. The molecule has 2 aliphatic rings. The van der Waals surface area contributed by atoms with Crippen LogP contribution in [0.5, 0.6) is 0 Å². The summed E-state index contributed by atoms with van der Waals surface area (Å²) in [7, 11) is -3.21. The molecule has 0 atom stereocenters. The number of sulfonamides is 1. The van der Waals surface area contributed by atoms with Gasteiger partial charge in [0.05, 0.1) is 12.3 Å². The summed E-state index contributed by atoms with van der Waals surface area (Å²) in [6, 6.07) is 0. The van der Waals surface area contributed by atoms with Crippen LogP contribution < -0.4 is 5.32 Å². The van der Waals surface area contributed by atoms with Crippen molar-refractivity contribution in [1.29, 1.82) is 0 Å². The van der Waals surface area contributed by atoms with Gasteiger partial charge in [0, 0.05) is 39.3 Å². The van der Waals surface area contributed by atoms with E-state index < -0.39 is 10.0 Å². The fraction of sp³-hybridized carbons (Fsp3) is 0.846. The van der Waals surface area contributed by atoms with Crippen molar-refractivity contribution in [1.82, 2.24) is 14.5 Å². The first-order chi connectivity index (χ1) is 9.12. The molecule has 0 radical (unpaired) electrons. The molecule has 1 saturated heterocycles. The van der Waals surface area contributed by atoms with Crippen molar-refractivity contribution in [2.45, 2.75) is 12.8 Å². The molecule has 1 heterocycles. The van der Waals surface area contributed by atoms with E-state index >= 15 is 0 Å². The number of piperazine rings is 1. The molecule has 2 fully saturated rings. The first-order valence-corrected chi connectivity index (χ1v) is 8.57. The van der Waals surface area contributed by atoms with Crippen molar-refractivity contribution in [2.75, 3.05) is 51.6 Å². The van der Waals surface area contributed by atoms with Crippen molar-refractivity contribution in [2.24, 2.45) is 5.92 Å². The van der Waals surface area contributed by atoms with Gasteiger partial charge in [0.1, 0.15) is 0 Å². The number of nitrogens with zero attached hydrogens (tertiary/aromatic N) is 2. The largest absolute Gasteiger partial charge is 0.314 e. The van der Waals surface area contributed by atoms with Gasteiger partial charge in [0.15, 0.2) is 0 Å². The second-order valence-electron chi connectivity index (χ2n) is 5.35. The van der Waals surface area contributed by atoms with Crippen LogP contribution in [0.2, 0.25) is 0 Å². The van der Waals surface area contributed by atoms with E-state index in [1.54, 1.807) is 0 Å². The highest BCUT2D eigenvalue weighted by Crippen LogP contribution is 2.30. The van der Waals surface area contributed by atoms with Crippen LogP contribution >= 0.6 is 0 Å². The van der Waals surface area contributed by atoms with Crippen molar-refractivity contribution in [3.8, 4) is 12.3 Å². The molecule has 6 heteroatoms. The molecule has 1 aliphatic carbocycles. The first kappa shape index (κ1) is 14.8. The Labute approximate surface area is 116 Å². The summed E-state index contributed by atoms with van der Waals surface area (Å²) < 4.78 is 26.1. The molecule has 0 unspecified atom stereocenters. The summed E-state index contributed by atoms with van der Waals surface area (Å²) in [4.78, 5) is 2.19. The number of rotatable bonds is 7. The van der Waals surface area contributed by atoms with Crippen molar-refractivity contribution in [3.05, 3.63) is 0 Å². The van der Waals surface area contributed by atoms with Gasteiger partial charge in [-0.2, -0.15) is 4.31 Å². The van der Waals surface area contributed by atoms with E-state index in [0.29, 0.717) is 19.0 Å². The highest BCUT2D eigenvalue weighted by Gasteiger charge is 2.30. The minimum Gasteiger partial charge on any atom is -0.314 e. The second kappa shape index (κ2) is 6.71. The predicted molar refractivity (Wildman–Crippen MR) is 76.2 cm³/mol. The van der Waals surface area contributed by atoms with Gasteiger partial charge in [0.25, 0.3) is 0 Å². The van der Waals surface area contributed by atoms with Crippen LogP contribution in [0.3, 0.4) is 0 Å². The van der Waals surface area contributed by atoms with E-state index in [-0.39, 0.29) is 12.3 Å². The molecule has 0 amide bonds. The molecule has 108 valence electrons. The minimum atomic E-state index is -3.21. The molecule has 0 spiro atoms. The third-order valence-corrected chi connectivity index (χ3v) is 5.46. The molecular formula is C13H23N3O2S. The zero-order valence-electron chi connectivity index (χ0n) is 11.3. The van der Waals surface area contributed by atoms with Gasteiger partial charge in [-0.15, -0.1) is 6.42 Å². The lowest BCUT2D eigenvalue weighted by Gasteiger charge is -2.28. The fourth-order valence-electron chi connectivity index (χ4n) is 2.27. The normalized spacial score (nSPS) is 21.5. The zero-order chi connectivity index (χ0) is 13.7. The monoisotopic (exact) mass is 285 g/mol.